The molecule has 0 saturated carbocycles. The lowest BCUT2D eigenvalue weighted by molar-refractivity contribution is -0.122. The molecule has 0 aliphatic carbocycles. The van der Waals surface area contributed by atoms with Crippen molar-refractivity contribution in [3.63, 3.8) is 0 Å². The minimum absolute atomic E-state index is 0.0867. The van der Waals surface area contributed by atoms with Crippen LogP contribution in [-0.2, 0) is 11.2 Å². The van der Waals surface area contributed by atoms with Gasteiger partial charge in [-0.3, -0.25) is 9.78 Å². The first-order chi connectivity index (χ1) is 15.7. The fourth-order valence-electron chi connectivity index (χ4n) is 3.10. The minimum Gasteiger partial charge on any atom is -0.488 e. The summed E-state index contributed by atoms with van der Waals surface area (Å²) in [5.74, 6) is 0.290. The van der Waals surface area contributed by atoms with Crippen LogP contribution in [0.3, 0.4) is 0 Å². The zero-order chi connectivity index (χ0) is 22.2. The molecule has 0 radical (unpaired) electrons. The zero-order valence-electron chi connectivity index (χ0n) is 17.1. The summed E-state index contributed by atoms with van der Waals surface area (Å²) < 4.78 is 24.8. The maximum atomic E-state index is 13.9. The maximum absolute atomic E-state index is 13.9. The molecule has 0 bridgehead atoms. The van der Waals surface area contributed by atoms with E-state index in [-0.39, 0.29) is 24.7 Å². The summed E-state index contributed by atoms with van der Waals surface area (Å²) in [6.45, 7) is 0.0867. The number of carbonyl (C=O) groups excluding carboxylic acids is 1. The third-order valence-electron chi connectivity index (χ3n) is 4.75. The molecular weight excluding hydrogens is 411 g/mol. The van der Waals surface area contributed by atoms with Gasteiger partial charge in [0.15, 0.2) is 11.6 Å². The molecule has 7 nitrogen and oxygen atoms in total. The van der Waals surface area contributed by atoms with E-state index in [1.807, 2.05) is 30.3 Å². The summed E-state index contributed by atoms with van der Waals surface area (Å²) in [6.07, 6.45) is 3.73. The van der Waals surface area contributed by atoms with Crippen LogP contribution in [0.1, 0.15) is 23.9 Å². The summed E-state index contributed by atoms with van der Waals surface area (Å²) >= 11 is 0. The van der Waals surface area contributed by atoms with E-state index in [1.165, 1.54) is 6.07 Å². The number of halogens is 1. The van der Waals surface area contributed by atoms with Gasteiger partial charge in [0.1, 0.15) is 6.61 Å². The lowest BCUT2D eigenvalue weighted by Gasteiger charge is -2.20. The largest absolute Gasteiger partial charge is 0.488 e. The number of para-hydroxylation sites is 1. The number of benzene rings is 2. The number of ether oxygens (including phenoxy) is 1. The molecule has 4 rings (SSSR count). The summed E-state index contributed by atoms with van der Waals surface area (Å²) in [5.41, 5.74) is 1.64. The molecule has 8 heteroatoms. The van der Waals surface area contributed by atoms with E-state index in [9.17, 15) is 9.18 Å². The average Bonchev–Trinajstić information content (AvgIpc) is 3.32. The molecule has 1 unspecified atom stereocenters. The Balaban J connectivity index is 1.37. The topological polar surface area (TPSA) is 90.1 Å². The van der Waals surface area contributed by atoms with Crippen molar-refractivity contribution in [3.8, 4) is 17.1 Å². The fraction of sp³-hybridized carbons (Fsp3) is 0.167. The third kappa shape index (κ3) is 5.54. The lowest BCUT2D eigenvalue weighted by atomic mass is 10.1. The van der Waals surface area contributed by atoms with Gasteiger partial charge in [0.25, 0.3) is 0 Å². The van der Waals surface area contributed by atoms with Gasteiger partial charge in [0.05, 0.1) is 6.04 Å². The molecule has 1 amide bonds. The molecule has 0 aliphatic heterocycles. The van der Waals surface area contributed by atoms with Crippen molar-refractivity contribution in [1.82, 2.24) is 20.4 Å². The molecule has 2 heterocycles. The van der Waals surface area contributed by atoms with Crippen molar-refractivity contribution in [2.45, 2.75) is 18.9 Å². The van der Waals surface area contributed by atoms with Crippen molar-refractivity contribution < 1.29 is 18.4 Å². The van der Waals surface area contributed by atoms with Gasteiger partial charge in [0.2, 0.25) is 17.6 Å². The second-order valence-corrected chi connectivity index (χ2v) is 7.02. The molecule has 2 aromatic carbocycles. The molecular formula is C24H21FN4O3. The second kappa shape index (κ2) is 10.3. The van der Waals surface area contributed by atoms with Gasteiger partial charge in [-0.2, -0.15) is 4.98 Å². The molecule has 0 spiro atoms. The second-order valence-electron chi connectivity index (χ2n) is 7.02. The fourth-order valence-corrected chi connectivity index (χ4v) is 3.10. The highest BCUT2D eigenvalue weighted by Crippen LogP contribution is 2.20. The minimum atomic E-state index is -0.452. The van der Waals surface area contributed by atoms with Crippen LogP contribution in [-0.4, -0.2) is 27.6 Å². The third-order valence-corrected chi connectivity index (χ3v) is 4.75. The molecule has 0 saturated heterocycles. The van der Waals surface area contributed by atoms with Crippen LogP contribution < -0.4 is 10.1 Å². The standard InChI is InChI=1S/C24H21FN4O3/c25-19-8-4-5-9-21(19)31-16-20(17-6-2-1-3-7-17)27-22(30)10-11-23-28-24(29-32-23)18-12-14-26-15-13-18/h1-9,12-15,20H,10-11,16H2,(H,27,30). The van der Waals surface area contributed by atoms with Crippen molar-refractivity contribution in [3.05, 3.63) is 96.4 Å². The molecule has 1 atom stereocenters. The highest BCUT2D eigenvalue weighted by Gasteiger charge is 2.17. The van der Waals surface area contributed by atoms with Crippen LogP contribution in [0.5, 0.6) is 5.75 Å². The quantitative estimate of drug-likeness (QED) is 0.428. The SMILES string of the molecule is O=C(CCc1nc(-c2ccncc2)no1)NC(COc1ccccc1F)c1ccccc1. The van der Waals surface area contributed by atoms with E-state index in [0.717, 1.165) is 11.1 Å². The van der Waals surface area contributed by atoms with Gasteiger partial charge in [-0.1, -0.05) is 47.6 Å². The number of carbonyl (C=O) groups is 1. The molecule has 32 heavy (non-hydrogen) atoms. The molecule has 162 valence electrons. The van der Waals surface area contributed by atoms with Crippen LogP contribution in [0.15, 0.2) is 83.6 Å². The maximum Gasteiger partial charge on any atom is 0.227 e. The van der Waals surface area contributed by atoms with Gasteiger partial charge >= 0.3 is 0 Å². The first-order valence-corrected chi connectivity index (χ1v) is 10.1. The van der Waals surface area contributed by atoms with E-state index in [2.05, 4.69) is 20.4 Å². The van der Waals surface area contributed by atoms with Gasteiger partial charge in [0, 0.05) is 30.8 Å². The first kappa shape index (κ1) is 21.2. The highest BCUT2D eigenvalue weighted by molar-refractivity contribution is 5.76. The number of nitrogens with one attached hydrogen (secondary N) is 1. The van der Waals surface area contributed by atoms with Gasteiger partial charge in [-0.05, 0) is 29.8 Å². The van der Waals surface area contributed by atoms with Crippen LogP contribution in [0.2, 0.25) is 0 Å². The van der Waals surface area contributed by atoms with Crippen molar-refractivity contribution in [2.75, 3.05) is 6.61 Å². The Kier molecular flexibility index (Phi) is 6.81. The Morgan fingerprint density at radius 1 is 1.03 bits per heavy atom. The number of hydrogen-bond acceptors (Lipinski definition) is 6. The number of pyridine rings is 1. The number of aryl methyl sites for hydroxylation is 1. The monoisotopic (exact) mass is 432 g/mol. The summed E-state index contributed by atoms with van der Waals surface area (Å²) in [5, 5.41) is 6.89. The van der Waals surface area contributed by atoms with Gasteiger partial charge in [-0.15, -0.1) is 0 Å². The van der Waals surface area contributed by atoms with Gasteiger partial charge < -0.3 is 14.6 Å². The molecule has 0 aliphatic rings. The average molecular weight is 432 g/mol. The number of nitrogens with zero attached hydrogens (tertiary/aromatic N) is 3. The van der Waals surface area contributed by atoms with Crippen LogP contribution in [0.25, 0.3) is 11.4 Å². The summed E-state index contributed by atoms with van der Waals surface area (Å²) in [7, 11) is 0. The Hall–Kier alpha value is -4.07. The smallest absolute Gasteiger partial charge is 0.227 e. The predicted octanol–water partition coefficient (Wildman–Crippen LogP) is 4.14. The number of rotatable bonds is 9. The van der Waals surface area contributed by atoms with Crippen LogP contribution >= 0.6 is 0 Å². The molecule has 1 N–H and O–H groups in total. The highest BCUT2D eigenvalue weighted by atomic mass is 19.1. The van der Waals surface area contributed by atoms with Crippen LogP contribution in [0, 0.1) is 5.82 Å². The van der Waals surface area contributed by atoms with E-state index in [1.54, 1.807) is 42.7 Å². The Labute approximate surface area is 184 Å². The molecule has 4 aromatic rings. The summed E-state index contributed by atoms with van der Waals surface area (Å²) in [6, 6.07) is 18.7. The van der Waals surface area contributed by atoms with Gasteiger partial charge in [-0.25, -0.2) is 4.39 Å². The van der Waals surface area contributed by atoms with Crippen molar-refractivity contribution in [2.24, 2.45) is 0 Å². The van der Waals surface area contributed by atoms with Crippen LogP contribution in [0.4, 0.5) is 4.39 Å². The van der Waals surface area contributed by atoms with E-state index < -0.39 is 11.9 Å². The predicted molar refractivity (Wildman–Crippen MR) is 115 cm³/mol. The number of aromatic nitrogens is 3. The Bertz CT molecular complexity index is 1150. The Morgan fingerprint density at radius 3 is 2.56 bits per heavy atom. The first-order valence-electron chi connectivity index (χ1n) is 10.1. The van der Waals surface area contributed by atoms with E-state index >= 15 is 0 Å². The molecule has 2 aromatic heterocycles. The summed E-state index contributed by atoms with van der Waals surface area (Å²) in [4.78, 5) is 20.9. The number of hydrogen-bond donors (Lipinski definition) is 1. The zero-order valence-corrected chi connectivity index (χ0v) is 17.1. The van der Waals surface area contributed by atoms with Crippen molar-refractivity contribution >= 4 is 5.91 Å². The normalized spacial score (nSPS) is 11.7. The number of amides is 1. The van der Waals surface area contributed by atoms with Crippen molar-refractivity contribution in [1.29, 1.82) is 0 Å². The van der Waals surface area contributed by atoms with E-state index in [0.29, 0.717) is 18.1 Å². The molecule has 0 fully saturated rings. The Morgan fingerprint density at radius 2 is 1.78 bits per heavy atom. The lowest BCUT2D eigenvalue weighted by Crippen LogP contribution is -2.32. The van der Waals surface area contributed by atoms with E-state index in [4.69, 9.17) is 9.26 Å².